The number of aliphatic hydroxyl groups excluding tert-OH is 1. The zero-order chi connectivity index (χ0) is 29.5. The van der Waals surface area contributed by atoms with Gasteiger partial charge in [-0.3, -0.25) is 9.59 Å². The van der Waals surface area contributed by atoms with E-state index in [1.54, 1.807) is 32.2 Å². The van der Waals surface area contributed by atoms with E-state index in [4.69, 9.17) is 21.3 Å². The average Bonchev–Trinajstić information content (AvgIpc) is 3.37. The minimum absolute atomic E-state index is 0.0430. The molecule has 2 aromatic carbocycles. The van der Waals surface area contributed by atoms with Crippen LogP contribution >= 0.6 is 11.6 Å². The zero-order valence-corrected chi connectivity index (χ0v) is 24.4. The Kier molecular flexibility index (Phi) is 9.99. The topological polar surface area (TPSA) is 117 Å². The molecule has 0 fully saturated rings. The summed E-state index contributed by atoms with van der Waals surface area (Å²) in [6.45, 7) is 5.96. The number of benzene rings is 2. The van der Waals surface area contributed by atoms with Gasteiger partial charge in [-0.15, -0.1) is 0 Å². The van der Waals surface area contributed by atoms with Crippen LogP contribution in [0.4, 0.5) is 0 Å². The van der Waals surface area contributed by atoms with Gasteiger partial charge in [0.2, 0.25) is 5.91 Å². The van der Waals surface area contributed by atoms with Crippen LogP contribution in [0.2, 0.25) is 5.02 Å². The second-order valence-electron chi connectivity index (χ2n) is 10.2. The predicted molar refractivity (Wildman–Crippen MR) is 160 cm³/mol. The Balaban J connectivity index is 1.50. The number of rotatable bonds is 12. The molecule has 0 spiro atoms. The van der Waals surface area contributed by atoms with E-state index in [9.17, 15) is 14.7 Å². The third kappa shape index (κ3) is 7.85. The van der Waals surface area contributed by atoms with Crippen LogP contribution in [0.1, 0.15) is 48.4 Å². The fourth-order valence-electron chi connectivity index (χ4n) is 4.49. The van der Waals surface area contributed by atoms with E-state index in [0.29, 0.717) is 28.4 Å². The maximum Gasteiger partial charge on any atom is 0.251 e. The molecule has 0 radical (unpaired) electrons. The number of ether oxygens (including phenoxy) is 1. The van der Waals surface area contributed by atoms with E-state index in [1.807, 2.05) is 67.0 Å². The third-order valence-electron chi connectivity index (χ3n) is 6.47. The first-order valence-electron chi connectivity index (χ1n) is 13.6. The number of imidazole rings is 1. The first-order valence-corrected chi connectivity index (χ1v) is 14.0. The number of halogens is 1. The summed E-state index contributed by atoms with van der Waals surface area (Å²) in [5.74, 6) is 0.0525. The molecule has 2 aromatic heterocycles. The molecule has 4 rings (SSSR count). The molecule has 0 aliphatic heterocycles. The Morgan fingerprint density at radius 2 is 1.85 bits per heavy atom. The van der Waals surface area contributed by atoms with Gasteiger partial charge in [0.05, 0.1) is 35.5 Å². The molecule has 0 saturated heterocycles. The summed E-state index contributed by atoms with van der Waals surface area (Å²) in [5, 5.41) is 19.2. The van der Waals surface area contributed by atoms with Gasteiger partial charge in [-0.1, -0.05) is 41.9 Å². The van der Waals surface area contributed by atoms with E-state index in [-0.39, 0.29) is 37.0 Å². The first-order chi connectivity index (χ1) is 19.6. The van der Waals surface area contributed by atoms with E-state index in [0.717, 1.165) is 22.4 Å². The van der Waals surface area contributed by atoms with Crippen molar-refractivity contribution in [2.45, 2.75) is 45.4 Å². The van der Waals surface area contributed by atoms with Crippen molar-refractivity contribution in [3.05, 3.63) is 88.7 Å². The van der Waals surface area contributed by atoms with Gasteiger partial charge in [-0.25, -0.2) is 4.98 Å². The second-order valence-corrected chi connectivity index (χ2v) is 10.6. The second kappa shape index (κ2) is 13.6. The zero-order valence-electron chi connectivity index (χ0n) is 23.6. The summed E-state index contributed by atoms with van der Waals surface area (Å²) in [7, 11) is 1.70. The lowest BCUT2D eigenvalue weighted by atomic mass is 10.0. The smallest absolute Gasteiger partial charge is 0.251 e. The highest BCUT2D eigenvalue weighted by molar-refractivity contribution is 6.32. The van der Waals surface area contributed by atoms with E-state index in [1.165, 1.54) is 0 Å². The average molecular weight is 578 g/mol. The minimum Gasteiger partial charge on any atom is -0.489 e. The van der Waals surface area contributed by atoms with Crippen LogP contribution in [0.15, 0.2) is 67.0 Å². The highest BCUT2D eigenvalue weighted by Gasteiger charge is 2.18. The molecule has 0 aliphatic carbocycles. The van der Waals surface area contributed by atoms with Crippen molar-refractivity contribution in [2.75, 3.05) is 20.1 Å². The first kappa shape index (κ1) is 30.0. The van der Waals surface area contributed by atoms with Gasteiger partial charge in [-0.2, -0.15) is 0 Å². The molecule has 2 amide bonds. The summed E-state index contributed by atoms with van der Waals surface area (Å²) in [4.78, 5) is 30.0. The largest absolute Gasteiger partial charge is 0.489 e. The molecule has 2 atom stereocenters. The Labute approximate surface area is 244 Å². The van der Waals surface area contributed by atoms with Gasteiger partial charge in [0, 0.05) is 35.6 Å². The number of fused-ring (bicyclic) bond motifs is 1. The van der Waals surface area contributed by atoms with Crippen LogP contribution < -0.4 is 20.7 Å². The summed E-state index contributed by atoms with van der Waals surface area (Å²) in [5.41, 5.74) is 4.57. The number of hydrogen-bond donors (Lipinski definition) is 4. The normalized spacial score (nSPS) is 12.8. The number of carbonyl (C=O) groups is 2. The number of carbonyl (C=O) groups excluding carboxylic acids is 2. The maximum atomic E-state index is 13.1. The fraction of sp³-hybridized carbons (Fsp3) is 0.323. The van der Waals surface area contributed by atoms with E-state index < -0.39 is 6.10 Å². The molecule has 0 saturated carbocycles. The highest BCUT2D eigenvalue weighted by Crippen LogP contribution is 2.27. The van der Waals surface area contributed by atoms with Gasteiger partial charge < -0.3 is 30.2 Å². The van der Waals surface area contributed by atoms with Crippen LogP contribution in [0.3, 0.4) is 0 Å². The molecule has 2 heterocycles. The van der Waals surface area contributed by atoms with Crippen molar-refractivity contribution < 1.29 is 19.4 Å². The molecule has 4 aromatic rings. The lowest BCUT2D eigenvalue weighted by Crippen LogP contribution is -2.46. The van der Waals surface area contributed by atoms with Gasteiger partial charge in [0.1, 0.15) is 11.4 Å². The minimum atomic E-state index is -0.626. The van der Waals surface area contributed by atoms with Gasteiger partial charge in [-0.05, 0) is 64.1 Å². The molecule has 41 heavy (non-hydrogen) atoms. The lowest BCUT2D eigenvalue weighted by molar-refractivity contribution is -0.120. The molecule has 0 aliphatic rings. The van der Waals surface area contributed by atoms with E-state index in [2.05, 4.69) is 16.0 Å². The number of hydrogen-bond acceptors (Lipinski definition) is 6. The molecule has 0 bridgehead atoms. The molecule has 0 unspecified atom stereocenters. The molecule has 10 heteroatoms. The SMILES string of the molecule is CNCC(=O)NC[C@H](Cc1ccc(-c2cn3cccc([C@H](C)O)c3n2)cc1)NC(=O)c1ccc(OC(C)C)c(Cl)c1. The van der Waals surface area contributed by atoms with Crippen molar-refractivity contribution in [2.24, 2.45) is 0 Å². The maximum absolute atomic E-state index is 13.1. The number of amides is 2. The Bertz CT molecular complexity index is 1500. The van der Waals surface area contributed by atoms with Crippen molar-refractivity contribution in [1.29, 1.82) is 0 Å². The Morgan fingerprint density at radius 3 is 2.51 bits per heavy atom. The van der Waals surface area contributed by atoms with Crippen LogP contribution in [-0.4, -0.2) is 58.6 Å². The number of pyridine rings is 1. The molecule has 216 valence electrons. The summed E-state index contributed by atoms with van der Waals surface area (Å²) in [6.07, 6.45) is 3.66. The van der Waals surface area contributed by atoms with Crippen LogP contribution in [-0.2, 0) is 11.2 Å². The van der Waals surface area contributed by atoms with Gasteiger partial charge in [0.25, 0.3) is 5.91 Å². The molecule has 4 N–H and O–H groups in total. The summed E-state index contributed by atoms with van der Waals surface area (Å²) >= 11 is 6.35. The summed E-state index contributed by atoms with van der Waals surface area (Å²) < 4.78 is 7.57. The molecular formula is C31H36ClN5O4. The van der Waals surface area contributed by atoms with Crippen LogP contribution in [0.25, 0.3) is 16.9 Å². The van der Waals surface area contributed by atoms with Gasteiger partial charge in [0.15, 0.2) is 0 Å². The van der Waals surface area contributed by atoms with Crippen molar-refractivity contribution in [3.8, 4) is 17.0 Å². The number of nitrogens with one attached hydrogen (secondary N) is 3. The monoisotopic (exact) mass is 577 g/mol. The van der Waals surface area contributed by atoms with Crippen LogP contribution in [0.5, 0.6) is 5.75 Å². The number of nitrogens with zero attached hydrogens (tertiary/aromatic N) is 2. The standard InChI is InChI=1S/C31H36ClN5O4/c1-19(2)41-28-12-11-23(15-26(28)32)31(40)35-24(16-34-29(39)17-33-4)14-21-7-9-22(10-8-21)27-18-37-13-5-6-25(20(3)38)30(37)36-27/h5-13,15,18-20,24,33,38H,14,16-17H2,1-4H3,(H,34,39)(H,35,40)/t20-,24-/m0/s1. The highest BCUT2D eigenvalue weighted by atomic mass is 35.5. The van der Waals surface area contributed by atoms with E-state index >= 15 is 0 Å². The fourth-order valence-corrected chi connectivity index (χ4v) is 4.72. The third-order valence-corrected chi connectivity index (χ3v) is 6.77. The Morgan fingerprint density at radius 1 is 1.10 bits per heavy atom. The number of aliphatic hydroxyl groups is 1. The number of aromatic nitrogens is 2. The van der Waals surface area contributed by atoms with Gasteiger partial charge >= 0.3 is 0 Å². The van der Waals surface area contributed by atoms with Crippen molar-refractivity contribution in [1.82, 2.24) is 25.3 Å². The Hall–Kier alpha value is -3.92. The van der Waals surface area contributed by atoms with Crippen LogP contribution in [0, 0.1) is 0 Å². The molecular weight excluding hydrogens is 542 g/mol. The van der Waals surface area contributed by atoms with Crippen molar-refractivity contribution in [3.63, 3.8) is 0 Å². The predicted octanol–water partition coefficient (Wildman–Crippen LogP) is 4.17. The molecule has 9 nitrogen and oxygen atoms in total. The summed E-state index contributed by atoms with van der Waals surface area (Å²) in [6, 6.07) is 16.2. The number of likely N-dealkylation sites (N-methyl/N-ethyl adjacent to an activating group) is 1. The lowest BCUT2D eigenvalue weighted by Gasteiger charge is -2.20. The van der Waals surface area contributed by atoms with Crippen molar-refractivity contribution >= 4 is 29.1 Å². The quantitative estimate of drug-likeness (QED) is 0.201.